The Morgan fingerprint density at radius 3 is 2.53 bits per heavy atom. The van der Waals surface area contributed by atoms with Crippen LogP contribution in [-0.2, 0) is 11.3 Å². The first-order chi connectivity index (χ1) is 15.5. The summed E-state index contributed by atoms with van der Waals surface area (Å²) in [6.45, 7) is 0.387. The lowest BCUT2D eigenvalue weighted by molar-refractivity contribution is -0.127. The molecule has 0 radical (unpaired) electrons. The van der Waals surface area contributed by atoms with Gasteiger partial charge in [-0.25, -0.2) is 4.98 Å². The number of carbonyl (C=O) groups is 1. The predicted molar refractivity (Wildman–Crippen MR) is 122 cm³/mol. The lowest BCUT2D eigenvalue weighted by atomic mass is 10.1. The molecule has 1 aromatic heterocycles. The van der Waals surface area contributed by atoms with Crippen molar-refractivity contribution in [1.29, 1.82) is 5.26 Å². The van der Waals surface area contributed by atoms with Crippen LogP contribution in [0.3, 0.4) is 0 Å². The topological polar surface area (TPSA) is 108 Å². The van der Waals surface area contributed by atoms with Gasteiger partial charge >= 0.3 is 0 Å². The number of aromatic nitrogens is 2. The maximum Gasteiger partial charge on any atom is 0.270 e. The summed E-state index contributed by atoms with van der Waals surface area (Å²) in [4.78, 5) is 33.6. The van der Waals surface area contributed by atoms with E-state index in [2.05, 4.69) is 9.97 Å². The SMILES string of the molecule is COc1ccc(-c2nc(SCC(=O)N(C)Cc3ccccc3OC)[nH]c(=O)c2C#N)cc1. The van der Waals surface area contributed by atoms with E-state index in [9.17, 15) is 14.9 Å². The molecule has 0 saturated heterocycles. The van der Waals surface area contributed by atoms with E-state index in [0.717, 1.165) is 17.3 Å². The number of benzene rings is 2. The van der Waals surface area contributed by atoms with Gasteiger partial charge in [0.05, 0.1) is 25.7 Å². The van der Waals surface area contributed by atoms with Crippen molar-refractivity contribution in [2.45, 2.75) is 11.7 Å². The van der Waals surface area contributed by atoms with Crippen LogP contribution in [0.2, 0.25) is 0 Å². The van der Waals surface area contributed by atoms with E-state index in [1.807, 2.05) is 30.3 Å². The molecule has 1 amide bonds. The van der Waals surface area contributed by atoms with E-state index < -0.39 is 5.56 Å². The number of para-hydroxylation sites is 1. The van der Waals surface area contributed by atoms with Gasteiger partial charge in [0.25, 0.3) is 5.56 Å². The highest BCUT2D eigenvalue weighted by atomic mass is 32.2. The van der Waals surface area contributed by atoms with E-state index in [1.165, 1.54) is 0 Å². The summed E-state index contributed by atoms with van der Waals surface area (Å²) in [5.41, 5.74) is 1.12. The van der Waals surface area contributed by atoms with Gasteiger partial charge in [0.1, 0.15) is 23.1 Å². The number of aromatic amines is 1. The molecule has 2 aromatic carbocycles. The first-order valence-corrected chi connectivity index (χ1v) is 10.6. The van der Waals surface area contributed by atoms with Gasteiger partial charge in [-0.1, -0.05) is 30.0 Å². The van der Waals surface area contributed by atoms with Crippen molar-refractivity contribution >= 4 is 17.7 Å². The Labute approximate surface area is 189 Å². The smallest absolute Gasteiger partial charge is 0.270 e. The quantitative estimate of drug-likeness (QED) is 0.415. The third-order valence-electron chi connectivity index (χ3n) is 4.73. The third kappa shape index (κ3) is 5.28. The minimum absolute atomic E-state index is 0.0720. The number of amides is 1. The average Bonchev–Trinajstić information content (AvgIpc) is 2.82. The molecule has 0 unspecified atom stereocenters. The molecule has 1 N–H and O–H groups in total. The monoisotopic (exact) mass is 450 g/mol. The molecule has 0 bridgehead atoms. The molecular formula is C23H22N4O4S. The van der Waals surface area contributed by atoms with Crippen LogP contribution in [0, 0.1) is 11.3 Å². The summed E-state index contributed by atoms with van der Waals surface area (Å²) in [6, 6.07) is 16.3. The second kappa shape index (κ2) is 10.5. The summed E-state index contributed by atoms with van der Waals surface area (Å²) in [5, 5.41) is 9.68. The van der Waals surface area contributed by atoms with E-state index in [4.69, 9.17) is 9.47 Å². The molecule has 32 heavy (non-hydrogen) atoms. The highest BCUT2D eigenvalue weighted by Crippen LogP contribution is 2.25. The molecule has 8 nitrogen and oxygen atoms in total. The second-order valence-electron chi connectivity index (χ2n) is 6.79. The number of nitriles is 1. The maximum absolute atomic E-state index is 12.6. The zero-order valence-corrected chi connectivity index (χ0v) is 18.7. The molecule has 0 fully saturated rings. The minimum Gasteiger partial charge on any atom is -0.497 e. The Morgan fingerprint density at radius 2 is 1.88 bits per heavy atom. The van der Waals surface area contributed by atoms with Gasteiger partial charge in [0.2, 0.25) is 5.91 Å². The second-order valence-corrected chi connectivity index (χ2v) is 7.75. The molecule has 0 spiro atoms. The van der Waals surface area contributed by atoms with Crippen LogP contribution in [0.15, 0.2) is 58.5 Å². The van der Waals surface area contributed by atoms with E-state index in [-0.39, 0.29) is 28.1 Å². The van der Waals surface area contributed by atoms with Crippen LogP contribution in [0.5, 0.6) is 11.5 Å². The van der Waals surface area contributed by atoms with Crippen LogP contribution >= 0.6 is 11.8 Å². The van der Waals surface area contributed by atoms with Crippen molar-refractivity contribution in [3.05, 3.63) is 70.0 Å². The summed E-state index contributed by atoms with van der Waals surface area (Å²) >= 11 is 1.10. The normalized spacial score (nSPS) is 10.3. The molecule has 3 aromatic rings. The molecule has 0 aliphatic rings. The number of hydrogen-bond acceptors (Lipinski definition) is 7. The van der Waals surface area contributed by atoms with Crippen LogP contribution in [-0.4, -0.2) is 47.8 Å². The lowest BCUT2D eigenvalue weighted by Crippen LogP contribution is -2.28. The first kappa shape index (κ1) is 22.9. The molecule has 1 heterocycles. The summed E-state index contributed by atoms with van der Waals surface area (Å²) in [5.74, 6) is 1.29. The standard InChI is InChI=1S/C23H22N4O4S/c1-27(13-16-6-4-5-7-19(16)31-3)20(28)14-32-23-25-21(18(12-24)22(29)26-23)15-8-10-17(30-2)11-9-15/h4-11H,13-14H2,1-3H3,(H,25,26,29). The average molecular weight is 451 g/mol. The number of carbonyl (C=O) groups excluding carboxylic acids is 1. The summed E-state index contributed by atoms with van der Waals surface area (Å²) < 4.78 is 10.5. The largest absolute Gasteiger partial charge is 0.497 e. The molecule has 0 aliphatic heterocycles. The number of rotatable bonds is 8. The third-order valence-corrected chi connectivity index (χ3v) is 5.59. The Hall–Kier alpha value is -3.77. The summed E-state index contributed by atoms with van der Waals surface area (Å²) in [7, 11) is 4.84. The van der Waals surface area contributed by atoms with Crippen LogP contribution < -0.4 is 15.0 Å². The Kier molecular flexibility index (Phi) is 7.52. The number of nitrogens with one attached hydrogen (secondary N) is 1. The van der Waals surface area contributed by atoms with E-state index in [0.29, 0.717) is 23.6 Å². The maximum atomic E-state index is 12.6. The number of hydrogen-bond donors (Lipinski definition) is 1. The highest BCUT2D eigenvalue weighted by Gasteiger charge is 2.16. The van der Waals surface area contributed by atoms with Crippen LogP contribution in [0.25, 0.3) is 11.3 Å². The Bertz CT molecular complexity index is 1200. The molecule has 9 heteroatoms. The molecule has 3 rings (SSSR count). The van der Waals surface area contributed by atoms with Crippen molar-refractivity contribution in [2.75, 3.05) is 27.0 Å². The van der Waals surface area contributed by atoms with E-state index in [1.54, 1.807) is 50.4 Å². The Morgan fingerprint density at radius 1 is 1.16 bits per heavy atom. The van der Waals surface area contributed by atoms with Gasteiger partial charge in [-0.2, -0.15) is 5.26 Å². The fourth-order valence-corrected chi connectivity index (χ4v) is 3.80. The zero-order valence-electron chi connectivity index (χ0n) is 17.9. The van der Waals surface area contributed by atoms with Crippen molar-refractivity contribution in [2.24, 2.45) is 0 Å². The van der Waals surface area contributed by atoms with Gasteiger partial charge < -0.3 is 19.4 Å². The molecule has 0 aliphatic carbocycles. The van der Waals surface area contributed by atoms with Gasteiger partial charge in [-0.05, 0) is 30.3 Å². The number of ether oxygens (including phenoxy) is 2. The van der Waals surface area contributed by atoms with Crippen molar-refractivity contribution < 1.29 is 14.3 Å². The van der Waals surface area contributed by atoms with Crippen molar-refractivity contribution in [3.63, 3.8) is 0 Å². The fourth-order valence-electron chi connectivity index (χ4n) is 3.00. The van der Waals surface area contributed by atoms with Crippen molar-refractivity contribution in [3.8, 4) is 28.8 Å². The predicted octanol–water partition coefficient (Wildman–Crippen LogP) is 3.08. The Balaban J connectivity index is 1.75. The fraction of sp³-hybridized carbons (Fsp3) is 0.217. The van der Waals surface area contributed by atoms with Gasteiger partial charge in [-0.15, -0.1) is 0 Å². The minimum atomic E-state index is -0.550. The highest BCUT2D eigenvalue weighted by molar-refractivity contribution is 7.99. The van der Waals surface area contributed by atoms with Crippen LogP contribution in [0.1, 0.15) is 11.1 Å². The zero-order chi connectivity index (χ0) is 23.1. The van der Waals surface area contributed by atoms with Gasteiger partial charge in [0, 0.05) is 24.7 Å². The number of thioether (sulfide) groups is 1. The van der Waals surface area contributed by atoms with E-state index >= 15 is 0 Å². The number of H-pyrrole nitrogens is 1. The number of nitrogens with zero attached hydrogens (tertiary/aromatic N) is 3. The van der Waals surface area contributed by atoms with Gasteiger partial charge in [-0.3, -0.25) is 9.59 Å². The van der Waals surface area contributed by atoms with Crippen LogP contribution in [0.4, 0.5) is 0 Å². The molecule has 0 saturated carbocycles. The van der Waals surface area contributed by atoms with Crippen molar-refractivity contribution in [1.82, 2.24) is 14.9 Å². The summed E-state index contributed by atoms with van der Waals surface area (Å²) in [6.07, 6.45) is 0. The molecular weight excluding hydrogens is 428 g/mol. The lowest BCUT2D eigenvalue weighted by Gasteiger charge is -2.18. The first-order valence-electron chi connectivity index (χ1n) is 9.64. The molecule has 0 atom stereocenters. The molecule has 164 valence electrons. The number of methoxy groups -OCH3 is 2. The van der Waals surface area contributed by atoms with Gasteiger partial charge in [0.15, 0.2) is 5.16 Å².